The summed E-state index contributed by atoms with van der Waals surface area (Å²) < 4.78 is 18.3. The third kappa shape index (κ3) is 7.83. The number of halogens is 1. The number of ether oxygens (including phenoxy) is 1. The Hall–Kier alpha value is -2.03. The lowest BCUT2D eigenvalue weighted by molar-refractivity contribution is -0.137. The van der Waals surface area contributed by atoms with Gasteiger partial charge >= 0.3 is 0 Å². The average Bonchev–Trinajstić information content (AvgIpc) is 2.80. The molecule has 1 aliphatic heterocycles. The highest BCUT2D eigenvalue weighted by Gasteiger charge is 2.28. The molecule has 0 aromatic heterocycles. The molecule has 7 nitrogen and oxygen atoms in total. The van der Waals surface area contributed by atoms with Crippen LogP contribution in [0, 0.1) is 5.82 Å². The number of hydrogen-bond donors (Lipinski definition) is 1. The second-order valence-electron chi connectivity index (χ2n) is 8.83. The van der Waals surface area contributed by atoms with E-state index in [9.17, 15) is 14.0 Å². The van der Waals surface area contributed by atoms with Crippen LogP contribution in [0.15, 0.2) is 24.3 Å². The molecule has 2 aliphatic rings. The number of carbonyl (C=O) groups excluding carboxylic acids is 2. The van der Waals surface area contributed by atoms with Crippen molar-refractivity contribution in [3.63, 3.8) is 0 Å². The summed E-state index contributed by atoms with van der Waals surface area (Å²) in [4.78, 5) is 31.6. The summed E-state index contributed by atoms with van der Waals surface area (Å²) in [7, 11) is 1.61. The molecule has 1 aromatic carbocycles. The van der Waals surface area contributed by atoms with Gasteiger partial charge in [-0.25, -0.2) is 4.39 Å². The molecule has 8 heteroatoms. The topological polar surface area (TPSA) is 65.1 Å². The highest BCUT2D eigenvalue weighted by Crippen LogP contribution is 2.24. The fourth-order valence-corrected chi connectivity index (χ4v) is 4.54. The highest BCUT2D eigenvalue weighted by atomic mass is 19.1. The van der Waals surface area contributed by atoms with Crippen LogP contribution in [0.2, 0.25) is 0 Å². The van der Waals surface area contributed by atoms with Gasteiger partial charge in [0.2, 0.25) is 11.8 Å². The molecule has 178 valence electrons. The lowest BCUT2D eigenvalue weighted by atomic mass is 9.93. The molecular formula is C24H37FN4O3. The molecule has 0 radical (unpaired) electrons. The predicted octanol–water partition coefficient (Wildman–Crippen LogP) is 1.87. The zero-order chi connectivity index (χ0) is 22.8. The van der Waals surface area contributed by atoms with E-state index in [0.717, 1.165) is 57.4 Å². The fourth-order valence-electron chi connectivity index (χ4n) is 4.54. The number of carbonyl (C=O) groups is 2. The van der Waals surface area contributed by atoms with Crippen molar-refractivity contribution < 1.29 is 18.7 Å². The van der Waals surface area contributed by atoms with Crippen molar-refractivity contribution >= 4 is 11.8 Å². The van der Waals surface area contributed by atoms with Crippen LogP contribution in [0.1, 0.15) is 37.7 Å². The molecule has 3 rings (SSSR count). The number of benzene rings is 1. The number of nitrogens with zero attached hydrogens (tertiary/aromatic N) is 3. The molecule has 0 spiro atoms. The third-order valence-electron chi connectivity index (χ3n) is 6.42. The molecular weight excluding hydrogens is 411 g/mol. The van der Waals surface area contributed by atoms with Crippen LogP contribution < -0.4 is 5.32 Å². The Labute approximate surface area is 190 Å². The molecule has 1 saturated heterocycles. The van der Waals surface area contributed by atoms with E-state index in [4.69, 9.17) is 4.74 Å². The van der Waals surface area contributed by atoms with Crippen molar-refractivity contribution in [1.29, 1.82) is 0 Å². The first kappa shape index (κ1) is 24.6. The van der Waals surface area contributed by atoms with Gasteiger partial charge in [0.05, 0.1) is 19.7 Å². The summed E-state index contributed by atoms with van der Waals surface area (Å²) >= 11 is 0. The zero-order valence-corrected chi connectivity index (χ0v) is 19.2. The number of piperazine rings is 1. The Morgan fingerprint density at radius 1 is 1.03 bits per heavy atom. The Morgan fingerprint density at radius 2 is 1.66 bits per heavy atom. The number of hydrogen-bond acceptors (Lipinski definition) is 5. The molecule has 1 aromatic rings. The number of rotatable bonds is 10. The van der Waals surface area contributed by atoms with Crippen LogP contribution in [0.4, 0.5) is 4.39 Å². The first-order valence-corrected chi connectivity index (χ1v) is 11.8. The van der Waals surface area contributed by atoms with E-state index in [1.807, 2.05) is 4.90 Å². The number of amides is 2. The molecule has 1 saturated carbocycles. The van der Waals surface area contributed by atoms with Crippen LogP contribution in [0.3, 0.4) is 0 Å². The van der Waals surface area contributed by atoms with Crippen molar-refractivity contribution in [2.75, 3.05) is 59.5 Å². The van der Waals surface area contributed by atoms with Crippen molar-refractivity contribution in [2.45, 2.75) is 44.7 Å². The Balaban J connectivity index is 1.50. The predicted molar refractivity (Wildman–Crippen MR) is 122 cm³/mol. The second kappa shape index (κ2) is 12.9. The summed E-state index contributed by atoms with van der Waals surface area (Å²) in [5.74, 6) is -0.101. The molecule has 32 heavy (non-hydrogen) atoms. The third-order valence-corrected chi connectivity index (χ3v) is 6.42. The van der Waals surface area contributed by atoms with Gasteiger partial charge in [0.1, 0.15) is 5.82 Å². The van der Waals surface area contributed by atoms with Gasteiger partial charge in [-0.2, -0.15) is 0 Å². The first-order chi connectivity index (χ1) is 15.5. The van der Waals surface area contributed by atoms with Crippen molar-refractivity contribution in [1.82, 2.24) is 20.0 Å². The lowest BCUT2D eigenvalue weighted by Gasteiger charge is -2.38. The Morgan fingerprint density at radius 3 is 2.28 bits per heavy atom. The van der Waals surface area contributed by atoms with E-state index >= 15 is 0 Å². The molecule has 2 fully saturated rings. The van der Waals surface area contributed by atoms with E-state index in [2.05, 4.69) is 15.1 Å². The van der Waals surface area contributed by atoms with Crippen LogP contribution in [-0.2, 0) is 20.9 Å². The van der Waals surface area contributed by atoms with Gasteiger partial charge in [0, 0.05) is 52.4 Å². The minimum absolute atomic E-state index is 0.00866. The maximum absolute atomic E-state index is 13.3. The molecule has 0 unspecified atom stereocenters. The smallest absolute Gasteiger partial charge is 0.237 e. The maximum Gasteiger partial charge on any atom is 0.237 e. The minimum atomic E-state index is -0.255. The maximum atomic E-state index is 13.3. The van der Waals surface area contributed by atoms with Crippen LogP contribution in [0.25, 0.3) is 0 Å². The van der Waals surface area contributed by atoms with Crippen LogP contribution in [0.5, 0.6) is 0 Å². The van der Waals surface area contributed by atoms with E-state index in [0.29, 0.717) is 32.8 Å². The molecule has 0 atom stereocenters. The largest absolute Gasteiger partial charge is 0.383 e. The Kier molecular flexibility index (Phi) is 9.89. The van der Waals surface area contributed by atoms with Gasteiger partial charge in [0.25, 0.3) is 0 Å². The van der Waals surface area contributed by atoms with Gasteiger partial charge in [-0.1, -0.05) is 31.4 Å². The standard InChI is InChI=1S/C24H37FN4O3/c1-32-16-11-26-23(30)18-27-12-14-28(15-13-27)19-24(31)29(22-5-3-2-4-6-22)17-20-7-9-21(25)10-8-20/h7-10,22H,2-6,11-19H2,1H3,(H,26,30). The molecule has 1 N–H and O–H groups in total. The van der Waals surface area contributed by atoms with Crippen LogP contribution >= 0.6 is 0 Å². The van der Waals surface area contributed by atoms with E-state index < -0.39 is 0 Å². The summed E-state index contributed by atoms with van der Waals surface area (Å²) in [5, 5.41) is 2.85. The van der Waals surface area contributed by atoms with E-state index in [1.165, 1.54) is 18.6 Å². The van der Waals surface area contributed by atoms with Gasteiger partial charge in [-0.05, 0) is 30.5 Å². The average molecular weight is 449 g/mol. The Bertz CT molecular complexity index is 716. The quantitative estimate of drug-likeness (QED) is 0.554. The van der Waals surface area contributed by atoms with Crippen molar-refractivity contribution in [2.24, 2.45) is 0 Å². The summed E-state index contributed by atoms with van der Waals surface area (Å²) in [6.45, 7) is 5.42. The zero-order valence-electron chi connectivity index (χ0n) is 19.2. The van der Waals surface area contributed by atoms with Gasteiger partial charge < -0.3 is 15.0 Å². The van der Waals surface area contributed by atoms with Crippen molar-refractivity contribution in [3.8, 4) is 0 Å². The minimum Gasteiger partial charge on any atom is -0.383 e. The highest BCUT2D eigenvalue weighted by molar-refractivity contribution is 5.79. The van der Waals surface area contributed by atoms with Crippen molar-refractivity contribution in [3.05, 3.63) is 35.6 Å². The lowest BCUT2D eigenvalue weighted by Crippen LogP contribution is -2.53. The number of nitrogens with one attached hydrogen (secondary N) is 1. The second-order valence-corrected chi connectivity index (χ2v) is 8.83. The van der Waals surface area contributed by atoms with E-state index in [-0.39, 0.29) is 23.7 Å². The molecule has 1 heterocycles. The normalized spacial score (nSPS) is 18.4. The van der Waals surface area contributed by atoms with Crippen LogP contribution in [-0.4, -0.2) is 92.1 Å². The van der Waals surface area contributed by atoms with Gasteiger partial charge in [-0.3, -0.25) is 19.4 Å². The van der Waals surface area contributed by atoms with E-state index in [1.54, 1.807) is 19.2 Å². The summed E-state index contributed by atoms with van der Waals surface area (Å²) in [6.07, 6.45) is 5.62. The fraction of sp³-hybridized carbons (Fsp3) is 0.667. The van der Waals surface area contributed by atoms with Gasteiger partial charge in [-0.15, -0.1) is 0 Å². The molecule has 0 bridgehead atoms. The monoisotopic (exact) mass is 448 g/mol. The van der Waals surface area contributed by atoms with Gasteiger partial charge in [0.15, 0.2) is 0 Å². The summed E-state index contributed by atoms with van der Waals surface area (Å²) in [6, 6.07) is 6.73. The summed E-state index contributed by atoms with van der Waals surface area (Å²) in [5.41, 5.74) is 0.967. The molecule has 2 amide bonds. The molecule has 1 aliphatic carbocycles. The number of methoxy groups -OCH3 is 1. The SMILES string of the molecule is COCCNC(=O)CN1CCN(CC(=O)N(Cc2ccc(F)cc2)C2CCCCC2)CC1. The first-order valence-electron chi connectivity index (χ1n) is 11.8.